The fourth-order valence-electron chi connectivity index (χ4n) is 4.99. The third kappa shape index (κ3) is 4.84. The van der Waals surface area contributed by atoms with Crippen LogP contribution in [0.4, 0.5) is 13.2 Å². The highest BCUT2D eigenvalue weighted by molar-refractivity contribution is 5.91. The molecule has 0 bridgehead atoms. The quantitative estimate of drug-likeness (QED) is 0.500. The summed E-state index contributed by atoms with van der Waals surface area (Å²) >= 11 is 0. The summed E-state index contributed by atoms with van der Waals surface area (Å²) < 4.78 is 71.0. The lowest BCUT2D eigenvalue weighted by molar-refractivity contribution is -0.146. The molecule has 0 radical (unpaired) electrons. The molecular weight excluding hydrogens is 503 g/mol. The van der Waals surface area contributed by atoms with Crippen LogP contribution in [-0.4, -0.2) is 60.9 Å². The topological polar surface area (TPSA) is 107 Å². The van der Waals surface area contributed by atoms with Gasteiger partial charge in [0.1, 0.15) is 24.3 Å². The summed E-state index contributed by atoms with van der Waals surface area (Å²) in [6, 6.07) is 4.18. The number of amides is 2. The summed E-state index contributed by atoms with van der Waals surface area (Å²) in [7, 11) is -1.19. The number of alkyl halides is 3. The lowest BCUT2D eigenvalue weighted by Gasteiger charge is -2.31. The van der Waals surface area contributed by atoms with Gasteiger partial charge in [0.05, 0.1) is 28.9 Å². The highest BCUT2D eigenvalue weighted by Crippen LogP contribution is 2.42. The van der Waals surface area contributed by atoms with Gasteiger partial charge in [-0.1, -0.05) is 12.1 Å². The van der Waals surface area contributed by atoms with Crippen LogP contribution in [0.3, 0.4) is 0 Å². The Bertz CT molecular complexity index is 1470. The van der Waals surface area contributed by atoms with Gasteiger partial charge in [-0.2, -0.15) is 23.4 Å². The number of ether oxygens (including phenoxy) is 1. The van der Waals surface area contributed by atoms with E-state index in [1.54, 1.807) is 26.1 Å². The number of halogens is 3. The second-order valence-corrected chi connectivity index (χ2v) is 9.56. The van der Waals surface area contributed by atoms with Crippen LogP contribution in [0.2, 0.25) is 0 Å². The van der Waals surface area contributed by atoms with Crippen molar-refractivity contribution >= 4 is 11.8 Å². The average molecular weight is 535 g/mol. The van der Waals surface area contributed by atoms with Crippen molar-refractivity contribution in [3.8, 4) is 5.75 Å². The van der Waals surface area contributed by atoms with Crippen molar-refractivity contribution in [1.82, 2.24) is 34.8 Å². The van der Waals surface area contributed by atoms with Crippen molar-refractivity contribution in [2.75, 3.05) is 13.6 Å². The number of likely N-dealkylation sites (tertiary alicyclic amines) is 1. The minimum Gasteiger partial charge on any atom is -0.496 e. The molecule has 1 saturated heterocycles. The predicted molar refractivity (Wildman–Crippen MR) is 128 cm³/mol. The van der Waals surface area contributed by atoms with Gasteiger partial charge in [-0.25, -0.2) is 9.67 Å². The maximum Gasteiger partial charge on any atom is 0.433 e. The molecule has 2 aliphatic rings. The maximum atomic E-state index is 13.8. The van der Waals surface area contributed by atoms with Crippen molar-refractivity contribution in [2.45, 2.75) is 56.9 Å². The molecule has 2 atom stereocenters. The van der Waals surface area contributed by atoms with E-state index in [1.165, 1.54) is 22.0 Å². The molecule has 1 aliphatic heterocycles. The van der Waals surface area contributed by atoms with E-state index in [4.69, 9.17) is 8.85 Å². The molecule has 3 heterocycles. The summed E-state index contributed by atoms with van der Waals surface area (Å²) in [5.41, 5.74) is 0.204. The highest BCUT2D eigenvalue weighted by atomic mass is 19.4. The smallest absolute Gasteiger partial charge is 0.433 e. The SMILES string of the molecule is [2H]C([2H])([2H])Oc1cccc([C@@H]2[C@H](NC(=O)c3ncnn3C)CCN2C(=O)Cn2nc(C3CC3)cc2C(F)(F)F)c1C. The second kappa shape index (κ2) is 9.76. The number of benzene rings is 1. The number of carbonyl (C=O) groups is 2. The van der Waals surface area contributed by atoms with E-state index in [0.717, 1.165) is 18.9 Å². The predicted octanol–water partition coefficient (Wildman–Crippen LogP) is 3.00. The van der Waals surface area contributed by atoms with Crippen LogP contribution in [0.15, 0.2) is 30.6 Å². The molecule has 1 saturated carbocycles. The lowest BCUT2D eigenvalue weighted by Crippen LogP contribution is -2.43. The van der Waals surface area contributed by atoms with Crippen LogP contribution in [0.25, 0.3) is 0 Å². The molecule has 0 spiro atoms. The van der Waals surface area contributed by atoms with Crippen LogP contribution in [0.5, 0.6) is 5.75 Å². The standard InChI is InChI=1S/C25H28F3N7O3/c1-14-16(5-4-6-19(14)38-3)22-17(31-24(37)23-29-13-30-33(23)2)9-10-34(22)21(36)12-35-20(25(26,27)28)11-18(32-35)15-7-8-15/h4-6,11,13,15,17,22H,7-10,12H2,1-3H3,(H,31,37)/t17-,22-/m1/s1/i3D3. The zero-order valence-corrected chi connectivity index (χ0v) is 20.7. The van der Waals surface area contributed by atoms with E-state index in [9.17, 15) is 22.8 Å². The van der Waals surface area contributed by atoms with Gasteiger partial charge < -0.3 is 15.0 Å². The Morgan fingerprint density at radius 3 is 2.71 bits per heavy atom. The second-order valence-electron chi connectivity index (χ2n) is 9.56. The van der Waals surface area contributed by atoms with Crippen LogP contribution >= 0.6 is 0 Å². The summed E-state index contributed by atoms with van der Waals surface area (Å²) in [4.78, 5) is 32.0. The monoisotopic (exact) mass is 534 g/mol. The van der Waals surface area contributed by atoms with Crippen molar-refractivity contribution in [1.29, 1.82) is 0 Å². The van der Waals surface area contributed by atoms with Crippen LogP contribution in [0, 0.1) is 6.92 Å². The number of aryl methyl sites for hydroxylation is 1. The van der Waals surface area contributed by atoms with Gasteiger partial charge >= 0.3 is 6.18 Å². The minimum atomic E-state index is -4.70. The zero-order chi connectivity index (χ0) is 29.7. The van der Waals surface area contributed by atoms with Gasteiger partial charge in [0.15, 0.2) is 0 Å². The number of hydrogen-bond donors (Lipinski definition) is 1. The van der Waals surface area contributed by atoms with E-state index in [-0.39, 0.29) is 30.5 Å². The molecule has 1 aromatic carbocycles. The van der Waals surface area contributed by atoms with Gasteiger partial charge in [0, 0.05) is 19.5 Å². The zero-order valence-electron chi connectivity index (χ0n) is 23.7. The van der Waals surface area contributed by atoms with E-state index in [0.29, 0.717) is 21.5 Å². The Balaban J connectivity index is 1.48. The van der Waals surface area contributed by atoms with Crippen LogP contribution < -0.4 is 10.1 Å². The first-order valence-electron chi connectivity index (χ1n) is 13.6. The molecule has 2 fully saturated rings. The third-order valence-corrected chi connectivity index (χ3v) is 7.07. The van der Waals surface area contributed by atoms with Gasteiger partial charge in [-0.3, -0.25) is 14.3 Å². The first kappa shape index (κ1) is 22.1. The molecule has 1 aliphatic carbocycles. The summed E-state index contributed by atoms with van der Waals surface area (Å²) in [5.74, 6) is -1.15. The first-order chi connectivity index (χ1) is 19.2. The Kier molecular flexibility index (Phi) is 5.68. The number of carbonyl (C=O) groups excluding carboxylic acids is 2. The fraction of sp³-hybridized carbons (Fsp3) is 0.480. The van der Waals surface area contributed by atoms with Crippen LogP contribution in [0.1, 0.15) is 68.5 Å². The third-order valence-electron chi connectivity index (χ3n) is 7.07. The summed E-state index contributed by atoms with van der Waals surface area (Å²) in [6.07, 6.45) is -1.71. The molecular formula is C25H28F3N7O3. The fourth-order valence-corrected chi connectivity index (χ4v) is 4.99. The molecule has 5 rings (SSSR count). The van der Waals surface area contributed by atoms with E-state index in [2.05, 4.69) is 20.5 Å². The number of nitrogens with one attached hydrogen (secondary N) is 1. The lowest BCUT2D eigenvalue weighted by atomic mass is 9.95. The normalized spacial score (nSPS) is 21.1. The number of nitrogens with zero attached hydrogens (tertiary/aromatic N) is 6. The molecule has 0 unspecified atom stereocenters. The van der Waals surface area contributed by atoms with E-state index in [1.807, 2.05) is 0 Å². The highest BCUT2D eigenvalue weighted by Gasteiger charge is 2.43. The minimum absolute atomic E-state index is 0.0312. The van der Waals surface area contributed by atoms with Gasteiger partial charge in [0.25, 0.3) is 5.91 Å². The molecule has 3 aromatic rings. The Morgan fingerprint density at radius 2 is 2.05 bits per heavy atom. The molecule has 2 aromatic heterocycles. The Labute approximate surface area is 221 Å². The molecule has 10 nitrogen and oxygen atoms in total. The largest absolute Gasteiger partial charge is 0.496 e. The molecule has 38 heavy (non-hydrogen) atoms. The summed E-state index contributed by atoms with van der Waals surface area (Å²) in [6.45, 7) is 1.08. The van der Waals surface area contributed by atoms with Crippen molar-refractivity contribution < 1.29 is 31.6 Å². The number of rotatable bonds is 7. The molecule has 1 N–H and O–H groups in total. The maximum absolute atomic E-state index is 13.8. The molecule has 13 heteroatoms. The first-order valence-corrected chi connectivity index (χ1v) is 12.1. The molecule has 202 valence electrons. The summed E-state index contributed by atoms with van der Waals surface area (Å²) in [5, 5.41) is 10.9. The number of methoxy groups -OCH3 is 1. The number of aromatic nitrogens is 5. The average Bonchev–Trinajstić information content (AvgIpc) is 3.26. The van der Waals surface area contributed by atoms with Gasteiger partial charge in [0.2, 0.25) is 11.7 Å². The Hall–Kier alpha value is -3.90. The molecule has 2 amide bonds. The van der Waals surface area contributed by atoms with Crippen molar-refractivity contribution in [3.05, 3.63) is 58.9 Å². The van der Waals surface area contributed by atoms with Crippen molar-refractivity contribution in [2.24, 2.45) is 7.05 Å². The van der Waals surface area contributed by atoms with Gasteiger partial charge in [-0.05, 0) is 49.4 Å². The van der Waals surface area contributed by atoms with E-state index < -0.39 is 49.4 Å². The Morgan fingerprint density at radius 1 is 1.26 bits per heavy atom. The van der Waals surface area contributed by atoms with E-state index >= 15 is 0 Å². The van der Waals surface area contributed by atoms with Gasteiger partial charge in [-0.15, -0.1) is 0 Å². The van der Waals surface area contributed by atoms with Crippen molar-refractivity contribution in [3.63, 3.8) is 0 Å². The van der Waals surface area contributed by atoms with Crippen LogP contribution in [-0.2, 0) is 24.6 Å². The number of hydrogen-bond acceptors (Lipinski definition) is 6.